The van der Waals surface area contributed by atoms with Crippen molar-refractivity contribution in [2.24, 2.45) is 5.92 Å². The normalized spacial score (nSPS) is 14.3. The third-order valence-corrected chi connectivity index (χ3v) is 3.88. The Morgan fingerprint density at radius 2 is 1.94 bits per heavy atom. The molecular weight excluding hydrogens is 226 g/mol. The molecule has 2 atom stereocenters. The van der Waals surface area contributed by atoms with E-state index in [1.54, 1.807) is 7.11 Å². The van der Waals surface area contributed by atoms with Crippen molar-refractivity contribution in [1.82, 2.24) is 5.32 Å². The minimum atomic E-state index is 0.185. The molecule has 0 saturated carbocycles. The standard InChI is InChI=1S/C15H25NO2/c1-6-12(9-17)15(16-4)13-7-8-14(18-5)11(3)10(13)2/h7-8,12,15-17H,6,9H2,1-5H3. The fourth-order valence-electron chi connectivity index (χ4n) is 2.49. The van der Waals surface area contributed by atoms with Gasteiger partial charge in [0.2, 0.25) is 0 Å². The highest BCUT2D eigenvalue weighted by Crippen LogP contribution is 2.32. The van der Waals surface area contributed by atoms with E-state index in [2.05, 4.69) is 32.2 Å². The Morgan fingerprint density at radius 3 is 2.39 bits per heavy atom. The summed E-state index contributed by atoms with van der Waals surface area (Å²) < 4.78 is 5.34. The maximum absolute atomic E-state index is 9.49. The van der Waals surface area contributed by atoms with Crippen molar-refractivity contribution in [3.8, 4) is 5.75 Å². The highest BCUT2D eigenvalue weighted by molar-refractivity contribution is 5.45. The first kappa shape index (κ1) is 15.0. The van der Waals surface area contributed by atoms with Crippen LogP contribution in [-0.2, 0) is 0 Å². The first-order chi connectivity index (χ1) is 8.60. The number of aliphatic hydroxyl groups is 1. The van der Waals surface area contributed by atoms with E-state index in [-0.39, 0.29) is 18.6 Å². The third-order valence-electron chi connectivity index (χ3n) is 3.88. The lowest BCUT2D eigenvalue weighted by molar-refractivity contribution is 0.189. The van der Waals surface area contributed by atoms with Gasteiger partial charge in [-0.15, -0.1) is 0 Å². The minimum Gasteiger partial charge on any atom is -0.496 e. The monoisotopic (exact) mass is 251 g/mol. The largest absolute Gasteiger partial charge is 0.496 e. The summed E-state index contributed by atoms with van der Waals surface area (Å²) in [6, 6.07) is 4.29. The molecule has 18 heavy (non-hydrogen) atoms. The van der Waals surface area contributed by atoms with Gasteiger partial charge in [0.15, 0.2) is 0 Å². The van der Waals surface area contributed by atoms with E-state index >= 15 is 0 Å². The Bertz CT molecular complexity index is 386. The quantitative estimate of drug-likeness (QED) is 0.816. The van der Waals surface area contributed by atoms with E-state index in [0.29, 0.717) is 0 Å². The van der Waals surface area contributed by atoms with Crippen molar-refractivity contribution in [2.45, 2.75) is 33.2 Å². The molecule has 0 heterocycles. The smallest absolute Gasteiger partial charge is 0.122 e. The van der Waals surface area contributed by atoms with E-state index in [0.717, 1.165) is 12.2 Å². The maximum Gasteiger partial charge on any atom is 0.122 e. The van der Waals surface area contributed by atoms with E-state index in [1.807, 2.05) is 13.1 Å². The number of ether oxygens (including phenoxy) is 1. The number of benzene rings is 1. The summed E-state index contributed by atoms with van der Waals surface area (Å²) >= 11 is 0. The molecule has 0 amide bonds. The van der Waals surface area contributed by atoms with Crippen LogP contribution in [0.2, 0.25) is 0 Å². The lowest BCUT2D eigenvalue weighted by Crippen LogP contribution is -2.28. The van der Waals surface area contributed by atoms with Crippen LogP contribution in [0, 0.1) is 19.8 Å². The lowest BCUT2D eigenvalue weighted by atomic mass is 9.87. The Morgan fingerprint density at radius 1 is 1.28 bits per heavy atom. The predicted octanol–water partition coefficient (Wildman–Crippen LogP) is 2.59. The summed E-state index contributed by atoms with van der Waals surface area (Å²) in [6.45, 7) is 6.50. The Balaban J connectivity index is 3.18. The van der Waals surface area contributed by atoms with Gasteiger partial charge in [-0.3, -0.25) is 0 Å². The maximum atomic E-state index is 9.49. The van der Waals surface area contributed by atoms with Crippen molar-refractivity contribution in [3.05, 3.63) is 28.8 Å². The van der Waals surface area contributed by atoms with Crippen LogP contribution in [0.4, 0.5) is 0 Å². The average Bonchev–Trinajstić information content (AvgIpc) is 2.39. The second kappa shape index (κ2) is 6.76. The summed E-state index contributed by atoms with van der Waals surface area (Å²) in [4.78, 5) is 0. The van der Waals surface area contributed by atoms with Crippen LogP contribution in [0.5, 0.6) is 5.75 Å². The summed E-state index contributed by atoms with van der Waals surface area (Å²) in [6.07, 6.45) is 0.951. The SMILES string of the molecule is CCC(CO)C(NC)c1ccc(OC)c(C)c1C. The molecule has 0 spiro atoms. The molecule has 0 aliphatic carbocycles. The highest BCUT2D eigenvalue weighted by atomic mass is 16.5. The summed E-state index contributed by atoms with van der Waals surface area (Å²) in [5, 5.41) is 12.8. The van der Waals surface area contributed by atoms with Crippen molar-refractivity contribution in [3.63, 3.8) is 0 Å². The third kappa shape index (κ3) is 2.85. The molecule has 3 heteroatoms. The molecule has 1 aromatic rings. The second-order valence-electron chi connectivity index (χ2n) is 4.72. The van der Waals surface area contributed by atoms with Crippen LogP contribution in [0.15, 0.2) is 12.1 Å². The van der Waals surface area contributed by atoms with Gasteiger partial charge in [0, 0.05) is 18.6 Å². The van der Waals surface area contributed by atoms with Gasteiger partial charge < -0.3 is 15.2 Å². The van der Waals surface area contributed by atoms with Crippen LogP contribution < -0.4 is 10.1 Å². The summed E-state index contributed by atoms with van der Waals surface area (Å²) in [7, 11) is 3.64. The van der Waals surface area contributed by atoms with Gasteiger partial charge in [0.1, 0.15) is 5.75 Å². The van der Waals surface area contributed by atoms with Crippen molar-refractivity contribution in [1.29, 1.82) is 0 Å². The van der Waals surface area contributed by atoms with Crippen LogP contribution in [0.25, 0.3) is 0 Å². The van der Waals surface area contributed by atoms with Gasteiger partial charge >= 0.3 is 0 Å². The van der Waals surface area contributed by atoms with Gasteiger partial charge in [-0.2, -0.15) is 0 Å². The first-order valence-electron chi connectivity index (χ1n) is 6.52. The molecule has 0 aliphatic rings. The molecule has 0 aromatic heterocycles. The number of nitrogens with one attached hydrogen (secondary N) is 1. The number of hydrogen-bond acceptors (Lipinski definition) is 3. The Hall–Kier alpha value is -1.06. The molecule has 2 N–H and O–H groups in total. The average molecular weight is 251 g/mol. The van der Waals surface area contributed by atoms with Gasteiger partial charge in [-0.05, 0) is 50.1 Å². The topological polar surface area (TPSA) is 41.5 Å². The number of aliphatic hydroxyl groups excluding tert-OH is 1. The molecule has 0 radical (unpaired) electrons. The zero-order chi connectivity index (χ0) is 13.7. The zero-order valence-corrected chi connectivity index (χ0v) is 12.1. The number of hydrogen-bond donors (Lipinski definition) is 2. The predicted molar refractivity (Wildman–Crippen MR) is 75.1 cm³/mol. The fourth-order valence-corrected chi connectivity index (χ4v) is 2.49. The molecule has 3 nitrogen and oxygen atoms in total. The van der Waals surface area contributed by atoms with Gasteiger partial charge in [0.05, 0.1) is 7.11 Å². The van der Waals surface area contributed by atoms with Crippen molar-refractivity contribution in [2.75, 3.05) is 20.8 Å². The van der Waals surface area contributed by atoms with Gasteiger partial charge in [0.25, 0.3) is 0 Å². The van der Waals surface area contributed by atoms with E-state index < -0.39 is 0 Å². The lowest BCUT2D eigenvalue weighted by Gasteiger charge is -2.27. The Labute approximate surface area is 110 Å². The van der Waals surface area contributed by atoms with Crippen LogP contribution >= 0.6 is 0 Å². The fraction of sp³-hybridized carbons (Fsp3) is 0.600. The first-order valence-corrected chi connectivity index (χ1v) is 6.52. The molecule has 102 valence electrons. The second-order valence-corrected chi connectivity index (χ2v) is 4.72. The molecular formula is C15H25NO2. The number of rotatable bonds is 6. The van der Waals surface area contributed by atoms with E-state index in [4.69, 9.17) is 4.74 Å². The molecule has 0 aliphatic heterocycles. The van der Waals surface area contributed by atoms with Crippen molar-refractivity contribution < 1.29 is 9.84 Å². The summed E-state index contributed by atoms with van der Waals surface area (Å²) in [5.41, 5.74) is 3.65. The molecule has 0 saturated heterocycles. The van der Waals surface area contributed by atoms with Gasteiger partial charge in [-0.25, -0.2) is 0 Å². The van der Waals surface area contributed by atoms with Gasteiger partial charge in [-0.1, -0.05) is 13.0 Å². The van der Waals surface area contributed by atoms with Crippen LogP contribution in [-0.4, -0.2) is 25.9 Å². The molecule has 1 rings (SSSR count). The Kier molecular flexibility index (Phi) is 5.63. The van der Waals surface area contributed by atoms with Crippen LogP contribution in [0.3, 0.4) is 0 Å². The van der Waals surface area contributed by atoms with Crippen LogP contribution in [0.1, 0.15) is 36.1 Å². The molecule has 0 fully saturated rings. The summed E-state index contributed by atoms with van der Waals surface area (Å²) in [5.74, 6) is 1.16. The highest BCUT2D eigenvalue weighted by Gasteiger charge is 2.22. The van der Waals surface area contributed by atoms with Crippen molar-refractivity contribution >= 4 is 0 Å². The van der Waals surface area contributed by atoms with E-state index in [9.17, 15) is 5.11 Å². The number of methoxy groups -OCH3 is 1. The minimum absolute atomic E-state index is 0.185. The van der Waals surface area contributed by atoms with E-state index in [1.165, 1.54) is 16.7 Å². The molecule has 0 bridgehead atoms. The molecule has 1 aromatic carbocycles. The zero-order valence-electron chi connectivity index (χ0n) is 12.1. The molecule has 2 unspecified atom stereocenters.